The van der Waals surface area contributed by atoms with Gasteiger partial charge in [-0.3, -0.25) is 14.6 Å². The summed E-state index contributed by atoms with van der Waals surface area (Å²) in [5.41, 5.74) is 3.57. The zero-order valence-electron chi connectivity index (χ0n) is 26.3. The van der Waals surface area contributed by atoms with Gasteiger partial charge < -0.3 is 30.6 Å². The van der Waals surface area contributed by atoms with Crippen molar-refractivity contribution >= 4 is 11.8 Å². The van der Waals surface area contributed by atoms with Gasteiger partial charge in [-0.1, -0.05) is 60.7 Å². The van der Waals surface area contributed by atoms with Crippen LogP contribution >= 0.6 is 0 Å². The fraction of sp³-hybridized carbons (Fsp3) is 0.417. The molecule has 9 nitrogen and oxygen atoms in total. The molecular formula is C36H45N5O4. The molecule has 2 heterocycles. The molecule has 4 N–H and O–H groups in total. The van der Waals surface area contributed by atoms with E-state index in [1.54, 1.807) is 6.20 Å². The number of benzene rings is 2. The number of fused-ring (bicyclic) bond motifs is 1. The summed E-state index contributed by atoms with van der Waals surface area (Å²) in [6.45, 7) is 7.07. The predicted molar refractivity (Wildman–Crippen MR) is 173 cm³/mol. The second-order valence-electron chi connectivity index (χ2n) is 13.3. The molecule has 0 radical (unpaired) electrons. The van der Waals surface area contributed by atoms with Crippen LogP contribution in [0.5, 0.6) is 0 Å². The van der Waals surface area contributed by atoms with Crippen LogP contribution in [0, 0.1) is 5.92 Å². The lowest BCUT2D eigenvalue weighted by Crippen LogP contribution is -2.57. The molecule has 1 aliphatic carbocycles. The molecule has 0 saturated heterocycles. The molecule has 0 bridgehead atoms. The van der Waals surface area contributed by atoms with E-state index < -0.39 is 35.7 Å². The zero-order chi connectivity index (χ0) is 32.0. The van der Waals surface area contributed by atoms with Gasteiger partial charge in [0.1, 0.15) is 6.04 Å². The molecule has 0 spiro atoms. The quantitative estimate of drug-likeness (QED) is 0.263. The molecule has 5 rings (SSSR count). The van der Waals surface area contributed by atoms with E-state index in [4.69, 9.17) is 0 Å². The molecule has 45 heavy (non-hydrogen) atoms. The molecule has 5 atom stereocenters. The highest BCUT2D eigenvalue weighted by Crippen LogP contribution is 2.32. The summed E-state index contributed by atoms with van der Waals surface area (Å²) >= 11 is 0. The Kier molecular flexibility index (Phi) is 10.2. The van der Waals surface area contributed by atoms with Gasteiger partial charge >= 0.3 is 0 Å². The molecule has 2 aromatic carbocycles. The Morgan fingerprint density at radius 1 is 1.00 bits per heavy atom. The van der Waals surface area contributed by atoms with Crippen molar-refractivity contribution in [2.24, 2.45) is 5.92 Å². The molecular weight excluding hydrogens is 566 g/mol. The van der Waals surface area contributed by atoms with Gasteiger partial charge in [-0.25, -0.2) is 0 Å². The Balaban J connectivity index is 1.31. The fourth-order valence-electron chi connectivity index (χ4n) is 6.24. The molecule has 3 aromatic rings. The number of nitrogens with one attached hydrogen (secondary N) is 2. The van der Waals surface area contributed by atoms with Gasteiger partial charge in [-0.15, -0.1) is 0 Å². The molecule has 0 fully saturated rings. The Bertz CT molecular complexity index is 1460. The fourth-order valence-corrected chi connectivity index (χ4v) is 6.24. The monoisotopic (exact) mass is 611 g/mol. The number of aromatic nitrogens is 1. The Labute approximate surface area is 266 Å². The third kappa shape index (κ3) is 8.71. The van der Waals surface area contributed by atoms with Crippen molar-refractivity contribution in [2.45, 2.75) is 76.4 Å². The van der Waals surface area contributed by atoms with Crippen molar-refractivity contribution in [2.75, 3.05) is 13.1 Å². The van der Waals surface area contributed by atoms with E-state index in [9.17, 15) is 19.8 Å². The molecule has 238 valence electrons. The van der Waals surface area contributed by atoms with Gasteiger partial charge in [0, 0.05) is 62.3 Å². The van der Waals surface area contributed by atoms with E-state index in [2.05, 4.69) is 20.5 Å². The van der Waals surface area contributed by atoms with Crippen molar-refractivity contribution in [1.29, 1.82) is 0 Å². The minimum atomic E-state index is -0.885. The van der Waals surface area contributed by atoms with E-state index in [0.29, 0.717) is 25.9 Å². The SMILES string of the molecule is CC(C)(C)NC(=O)[C@@H]1CN(Cc2cccnc2)C=CN1C[C@@H](O)C[C@@H](Cc1ccccc1)C(=O)N[C@H]1c2ccccc2C[C@H]1O. The number of β-amino-alcohol motifs (C(OH)–C–C–N with tert-alkyl or cyclic N) is 1. The minimum Gasteiger partial charge on any atom is -0.391 e. The lowest BCUT2D eigenvalue weighted by Gasteiger charge is -2.40. The van der Waals surface area contributed by atoms with Crippen molar-refractivity contribution in [1.82, 2.24) is 25.4 Å². The van der Waals surface area contributed by atoms with Crippen LogP contribution in [0.2, 0.25) is 0 Å². The van der Waals surface area contributed by atoms with Crippen molar-refractivity contribution in [3.8, 4) is 0 Å². The molecule has 2 aliphatic rings. The first-order chi connectivity index (χ1) is 21.6. The summed E-state index contributed by atoms with van der Waals surface area (Å²) in [7, 11) is 0. The second kappa shape index (κ2) is 14.3. The second-order valence-corrected chi connectivity index (χ2v) is 13.3. The Morgan fingerprint density at radius 2 is 1.73 bits per heavy atom. The highest BCUT2D eigenvalue weighted by atomic mass is 16.3. The summed E-state index contributed by atoms with van der Waals surface area (Å²) < 4.78 is 0. The Morgan fingerprint density at radius 3 is 2.47 bits per heavy atom. The molecule has 1 aromatic heterocycles. The number of amides is 2. The van der Waals surface area contributed by atoms with Gasteiger partial charge in [0.2, 0.25) is 11.8 Å². The molecule has 9 heteroatoms. The lowest BCUT2D eigenvalue weighted by atomic mass is 9.91. The first-order valence-corrected chi connectivity index (χ1v) is 15.7. The standard InChI is InChI=1S/C36H45N5O4/c1-36(2,3)39-35(45)31-24-40(22-26-12-9-15-37-21-26)16-17-41(31)23-29(42)19-28(18-25-10-5-4-6-11-25)34(44)38-33-30-14-8-7-13-27(30)20-32(33)43/h4-17,21,28-29,31-33,42-43H,18-20,22-24H2,1-3H3,(H,38,44)(H,39,45)/t28-,29+,31+,32-,33+/m1/s1. The Hall–Kier alpha value is -4.21. The molecule has 0 unspecified atom stereocenters. The highest BCUT2D eigenvalue weighted by molar-refractivity contribution is 5.83. The number of pyridine rings is 1. The number of hydrogen-bond donors (Lipinski definition) is 4. The van der Waals surface area contributed by atoms with Crippen LogP contribution in [-0.2, 0) is 29.0 Å². The topological polar surface area (TPSA) is 118 Å². The van der Waals surface area contributed by atoms with Gasteiger partial charge in [0.05, 0.1) is 18.2 Å². The van der Waals surface area contributed by atoms with Gasteiger partial charge in [-0.05, 0) is 61.9 Å². The zero-order valence-corrected chi connectivity index (χ0v) is 26.3. The number of hydrogen-bond acceptors (Lipinski definition) is 7. The highest BCUT2D eigenvalue weighted by Gasteiger charge is 2.36. The van der Waals surface area contributed by atoms with Crippen LogP contribution in [0.25, 0.3) is 0 Å². The van der Waals surface area contributed by atoms with Crippen LogP contribution in [0.1, 0.15) is 55.5 Å². The van der Waals surface area contributed by atoms with E-state index in [1.807, 2.05) is 111 Å². The normalized spacial score (nSPS) is 20.8. The summed E-state index contributed by atoms with van der Waals surface area (Å²) in [5.74, 6) is -0.875. The maximum absolute atomic E-state index is 13.8. The van der Waals surface area contributed by atoms with E-state index in [0.717, 1.165) is 22.3 Å². The number of rotatable bonds is 11. The number of carbonyl (C=O) groups excluding carboxylic acids is 2. The van der Waals surface area contributed by atoms with Crippen LogP contribution in [0.15, 0.2) is 91.5 Å². The largest absolute Gasteiger partial charge is 0.391 e. The lowest BCUT2D eigenvalue weighted by molar-refractivity contribution is -0.130. The van der Waals surface area contributed by atoms with E-state index >= 15 is 0 Å². The number of carbonyl (C=O) groups is 2. The van der Waals surface area contributed by atoms with Gasteiger partial charge in [-0.2, -0.15) is 0 Å². The first kappa shape index (κ1) is 32.2. The van der Waals surface area contributed by atoms with Crippen LogP contribution in [0.4, 0.5) is 0 Å². The van der Waals surface area contributed by atoms with Crippen LogP contribution in [-0.4, -0.2) is 73.7 Å². The smallest absolute Gasteiger partial charge is 0.244 e. The minimum absolute atomic E-state index is 0.122. The van der Waals surface area contributed by atoms with Gasteiger partial charge in [0.25, 0.3) is 0 Å². The summed E-state index contributed by atoms with van der Waals surface area (Å²) in [5, 5.41) is 28.4. The van der Waals surface area contributed by atoms with Crippen molar-refractivity contribution in [3.63, 3.8) is 0 Å². The summed E-state index contributed by atoms with van der Waals surface area (Å²) in [4.78, 5) is 35.5. The van der Waals surface area contributed by atoms with Gasteiger partial charge in [0.15, 0.2) is 0 Å². The van der Waals surface area contributed by atoms with Crippen molar-refractivity contribution in [3.05, 3.63) is 114 Å². The molecule has 2 amide bonds. The van der Waals surface area contributed by atoms with E-state index in [1.165, 1.54) is 0 Å². The molecule has 0 saturated carbocycles. The van der Waals surface area contributed by atoms with Crippen LogP contribution < -0.4 is 10.6 Å². The maximum atomic E-state index is 13.8. The average molecular weight is 612 g/mol. The average Bonchev–Trinajstić information content (AvgIpc) is 3.32. The van der Waals surface area contributed by atoms with Crippen molar-refractivity contribution < 1.29 is 19.8 Å². The third-order valence-electron chi connectivity index (χ3n) is 8.36. The number of nitrogens with zero attached hydrogens (tertiary/aromatic N) is 3. The molecule has 1 aliphatic heterocycles. The summed E-state index contributed by atoms with van der Waals surface area (Å²) in [6.07, 6.45) is 6.88. The predicted octanol–water partition coefficient (Wildman–Crippen LogP) is 3.34. The number of aliphatic hydroxyl groups is 2. The van der Waals surface area contributed by atoms with E-state index in [-0.39, 0.29) is 24.8 Å². The van der Waals surface area contributed by atoms with Crippen LogP contribution in [0.3, 0.4) is 0 Å². The summed E-state index contributed by atoms with van der Waals surface area (Å²) in [6, 6.07) is 20.4. The first-order valence-electron chi connectivity index (χ1n) is 15.7. The number of aliphatic hydroxyl groups excluding tert-OH is 2. The third-order valence-corrected chi connectivity index (χ3v) is 8.36. The maximum Gasteiger partial charge on any atom is 0.244 e.